The monoisotopic (exact) mass is 376 g/mol. The molecule has 0 saturated heterocycles. The zero-order valence-electron chi connectivity index (χ0n) is 15.6. The molecule has 0 unspecified atom stereocenters. The van der Waals surface area contributed by atoms with Gasteiger partial charge in [-0.3, -0.25) is 0 Å². The molecule has 2 rings (SSSR count). The van der Waals surface area contributed by atoms with Crippen molar-refractivity contribution in [2.24, 2.45) is 0 Å². The van der Waals surface area contributed by atoms with E-state index in [9.17, 15) is 4.79 Å². The van der Waals surface area contributed by atoms with Gasteiger partial charge < -0.3 is 20.1 Å². The van der Waals surface area contributed by atoms with Gasteiger partial charge in [0.05, 0.1) is 19.4 Å². The number of nitrogens with one attached hydrogen (secondary N) is 2. The molecule has 0 radical (unpaired) electrons. The maximum Gasteiger partial charge on any atom is 0.319 e. The molecule has 0 saturated carbocycles. The number of aryl methyl sites for hydroxylation is 3. The molecule has 2 aromatic carbocycles. The summed E-state index contributed by atoms with van der Waals surface area (Å²) in [5.41, 5.74) is 3.67. The zero-order valence-corrected chi connectivity index (χ0v) is 16.4. The third-order valence-corrected chi connectivity index (χ3v) is 4.40. The van der Waals surface area contributed by atoms with Crippen LogP contribution >= 0.6 is 11.6 Å². The fourth-order valence-electron chi connectivity index (χ4n) is 2.57. The van der Waals surface area contributed by atoms with E-state index in [2.05, 4.69) is 10.6 Å². The van der Waals surface area contributed by atoms with E-state index in [1.54, 1.807) is 12.1 Å². The maximum atomic E-state index is 12.1. The number of halogens is 1. The molecule has 0 aliphatic carbocycles. The highest BCUT2D eigenvalue weighted by Gasteiger charge is 2.10. The second kappa shape index (κ2) is 9.34. The normalized spacial score (nSPS) is 10.3. The van der Waals surface area contributed by atoms with Crippen LogP contribution in [0.4, 0.5) is 10.5 Å². The number of amides is 2. The van der Waals surface area contributed by atoms with Crippen molar-refractivity contribution in [2.75, 3.05) is 25.6 Å². The Morgan fingerprint density at radius 3 is 2.46 bits per heavy atom. The van der Waals surface area contributed by atoms with Crippen molar-refractivity contribution in [1.82, 2.24) is 5.32 Å². The number of benzene rings is 2. The Morgan fingerprint density at radius 1 is 1.12 bits per heavy atom. The van der Waals surface area contributed by atoms with Crippen LogP contribution in [0.3, 0.4) is 0 Å². The number of para-hydroxylation sites is 1. The number of anilines is 1. The van der Waals surface area contributed by atoms with Crippen molar-refractivity contribution < 1.29 is 14.3 Å². The average Bonchev–Trinajstić information content (AvgIpc) is 2.60. The summed E-state index contributed by atoms with van der Waals surface area (Å²) in [5, 5.41) is 6.19. The molecule has 0 atom stereocenters. The summed E-state index contributed by atoms with van der Waals surface area (Å²) in [6, 6.07) is 9.23. The number of carbonyl (C=O) groups is 1. The summed E-state index contributed by atoms with van der Waals surface area (Å²) in [7, 11) is 1.54. The Kier molecular flexibility index (Phi) is 7.16. The van der Waals surface area contributed by atoms with Gasteiger partial charge in [-0.25, -0.2) is 4.79 Å². The third-order valence-electron chi connectivity index (χ3n) is 3.99. The van der Waals surface area contributed by atoms with Crippen molar-refractivity contribution in [1.29, 1.82) is 0 Å². The van der Waals surface area contributed by atoms with Crippen molar-refractivity contribution in [3.05, 3.63) is 52.0 Å². The van der Waals surface area contributed by atoms with Gasteiger partial charge in [0.2, 0.25) is 0 Å². The molecule has 26 heavy (non-hydrogen) atoms. The Morgan fingerprint density at radius 2 is 1.81 bits per heavy atom. The van der Waals surface area contributed by atoms with Gasteiger partial charge in [-0.15, -0.1) is 0 Å². The smallest absolute Gasteiger partial charge is 0.319 e. The van der Waals surface area contributed by atoms with Crippen LogP contribution in [-0.4, -0.2) is 26.3 Å². The van der Waals surface area contributed by atoms with Crippen LogP contribution in [0, 0.1) is 20.8 Å². The first-order valence-corrected chi connectivity index (χ1v) is 8.88. The molecule has 2 aromatic rings. The number of urea groups is 1. The van der Waals surface area contributed by atoms with Crippen LogP contribution in [0.1, 0.15) is 23.1 Å². The standard InChI is InChI=1S/C20H25ClN2O3/c1-13-7-5-8-14(2)19(13)26-10-6-9-22-20(24)23-17-11-15(3)16(21)12-18(17)25-4/h5,7-8,11-12H,6,9-10H2,1-4H3,(H2,22,23,24). The SMILES string of the molecule is COc1cc(Cl)c(C)cc1NC(=O)NCCCOc1c(C)cccc1C. The van der Waals surface area contributed by atoms with Gasteiger partial charge in [-0.1, -0.05) is 29.8 Å². The molecular weight excluding hydrogens is 352 g/mol. The fraction of sp³-hybridized carbons (Fsp3) is 0.350. The van der Waals surface area contributed by atoms with Gasteiger partial charge in [0.25, 0.3) is 0 Å². The minimum atomic E-state index is -0.294. The second-order valence-corrected chi connectivity index (χ2v) is 6.51. The molecule has 0 spiro atoms. The number of hydrogen-bond donors (Lipinski definition) is 2. The first-order valence-electron chi connectivity index (χ1n) is 8.50. The van der Waals surface area contributed by atoms with E-state index in [0.29, 0.717) is 36.0 Å². The number of hydrogen-bond acceptors (Lipinski definition) is 3. The van der Waals surface area contributed by atoms with E-state index >= 15 is 0 Å². The molecule has 0 aliphatic rings. The van der Waals surface area contributed by atoms with Gasteiger partial charge in [0, 0.05) is 17.6 Å². The third kappa shape index (κ3) is 5.30. The first kappa shape index (κ1) is 19.9. The van der Waals surface area contributed by atoms with Gasteiger partial charge >= 0.3 is 6.03 Å². The van der Waals surface area contributed by atoms with Crippen LogP contribution in [0.5, 0.6) is 11.5 Å². The minimum absolute atomic E-state index is 0.294. The summed E-state index contributed by atoms with van der Waals surface area (Å²) in [5.74, 6) is 1.44. The lowest BCUT2D eigenvalue weighted by molar-refractivity contribution is 0.250. The molecular formula is C20H25ClN2O3. The highest BCUT2D eigenvalue weighted by Crippen LogP contribution is 2.30. The summed E-state index contributed by atoms with van der Waals surface area (Å²) in [6.07, 6.45) is 0.706. The van der Waals surface area contributed by atoms with Crippen LogP contribution in [0.2, 0.25) is 5.02 Å². The van der Waals surface area contributed by atoms with Crippen LogP contribution in [-0.2, 0) is 0 Å². The molecule has 0 aliphatic heterocycles. The summed E-state index contributed by atoms with van der Waals surface area (Å²) >= 11 is 6.07. The van der Waals surface area contributed by atoms with Gasteiger partial charge in [-0.05, 0) is 49.9 Å². The van der Waals surface area contributed by atoms with Crippen LogP contribution < -0.4 is 20.1 Å². The average molecular weight is 377 g/mol. The first-order chi connectivity index (χ1) is 12.4. The van der Waals surface area contributed by atoms with Gasteiger partial charge in [0.15, 0.2) is 0 Å². The Balaban J connectivity index is 1.78. The van der Waals surface area contributed by atoms with Crippen LogP contribution in [0.15, 0.2) is 30.3 Å². The summed E-state index contributed by atoms with van der Waals surface area (Å²) in [4.78, 5) is 12.1. The Bertz CT molecular complexity index is 758. The molecule has 0 bridgehead atoms. The lowest BCUT2D eigenvalue weighted by atomic mass is 10.1. The lowest BCUT2D eigenvalue weighted by Crippen LogP contribution is -2.30. The molecule has 5 nitrogen and oxygen atoms in total. The van der Waals surface area contributed by atoms with Crippen molar-refractivity contribution in [3.8, 4) is 11.5 Å². The van der Waals surface area contributed by atoms with Crippen molar-refractivity contribution in [2.45, 2.75) is 27.2 Å². The predicted molar refractivity (Wildman–Crippen MR) is 106 cm³/mol. The van der Waals surface area contributed by atoms with Gasteiger partial charge in [-0.2, -0.15) is 0 Å². The largest absolute Gasteiger partial charge is 0.495 e. The van der Waals surface area contributed by atoms with Crippen molar-refractivity contribution in [3.63, 3.8) is 0 Å². The highest BCUT2D eigenvalue weighted by molar-refractivity contribution is 6.31. The lowest BCUT2D eigenvalue weighted by Gasteiger charge is -2.14. The van der Waals surface area contributed by atoms with Gasteiger partial charge in [0.1, 0.15) is 11.5 Å². The number of rotatable bonds is 7. The molecule has 0 fully saturated rings. The van der Waals surface area contributed by atoms with E-state index in [0.717, 1.165) is 22.4 Å². The van der Waals surface area contributed by atoms with E-state index in [1.165, 1.54) is 7.11 Å². The van der Waals surface area contributed by atoms with E-state index in [4.69, 9.17) is 21.1 Å². The quantitative estimate of drug-likeness (QED) is 0.678. The molecule has 2 amide bonds. The predicted octanol–water partition coefficient (Wildman–Crippen LogP) is 4.86. The van der Waals surface area contributed by atoms with Crippen LogP contribution in [0.25, 0.3) is 0 Å². The Labute approximate surface area is 159 Å². The zero-order chi connectivity index (χ0) is 19.1. The molecule has 140 valence electrons. The minimum Gasteiger partial charge on any atom is -0.495 e. The molecule has 6 heteroatoms. The fourth-order valence-corrected chi connectivity index (χ4v) is 2.73. The van der Waals surface area contributed by atoms with E-state index in [1.807, 2.05) is 39.0 Å². The van der Waals surface area contributed by atoms with E-state index < -0.39 is 0 Å². The Hall–Kier alpha value is -2.40. The number of ether oxygens (including phenoxy) is 2. The topological polar surface area (TPSA) is 59.6 Å². The summed E-state index contributed by atoms with van der Waals surface area (Å²) in [6.45, 7) is 6.96. The molecule has 0 heterocycles. The molecule has 0 aromatic heterocycles. The molecule has 2 N–H and O–H groups in total. The highest BCUT2D eigenvalue weighted by atomic mass is 35.5. The number of carbonyl (C=O) groups excluding carboxylic acids is 1. The summed E-state index contributed by atoms with van der Waals surface area (Å²) < 4.78 is 11.1. The maximum absolute atomic E-state index is 12.1. The van der Waals surface area contributed by atoms with Crippen molar-refractivity contribution >= 4 is 23.3 Å². The second-order valence-electron chi connectivity index (χ2n) is 6.11. The van der Waals surface area contributed by atoms with E-state index in [-0.39, 0.29) is 6.03 Å². The number of methoxy groups -OCH3 is 1.